The highest BCUT2D eigenvalue weighted by Gasteiger charge is 2.31. The van der Waals surface area contributed by atoms with E-state index in [-0.39, 0.29) is 5.41 Å². The van der Waals surface area contributed by atoms with Crippen molar-refractivity contribution in [2.75, 3.05) is 11.5 Å². The molecule has 0 bridgehead atoms. The van der Waals surface area contributed by atoms with Crippen molar-refractivity contribution in [3.05, 3.63) is 130 Å². The fraction of sp³-hybridized carbons (Fsp3) is 0.273. The van der Waals surface area contributed by atoms with Crippen LogP contribution in [-0.4, -0.2) is 0 Å². The molecule has 0 aliphatic heterocycles. The van der Waals surface area contributed by atoms with Crippen LogP contribution in [0.15, 0.2) is 97.1 Å². The van der Waals surface area contributed by atoms with Crippen LogP contribution in [0.2, 0.25) is 0 Å². The van der Waals surface area contributed by atoms with E-state index in [2.05, 4.69) is 86.6 Å². The Bertz CT molecular complexity index is 1100. The zero-order chi connectivity index (χ0) is 24.7. The molecule has 0 aromatic heterocycles. The molecule has 4 aromatic carbocycles. The van der Waals surface area contributed by atoms with Crippen LogP contribution in [0.5, 0.6) is 0 Å². The standard InChI is InChI=1S/C33H38N2/c1-3-5-22-33(4-2,29-14-6-25(7-15-29)23-27-10-18-31(34)19-11-27)30-16-8-26(9-17-30)24-28-12-20-32(35)21-13-28/h6-21H,3-5,22-24,34-35H2,1-2H3. The highest BCUT2D eigenvalue weighted by Crippen LogP contribution is 2.40. The van der Waals surface area contributed by atoms with Gasteiger partial charge in [0.2, 0.25) is 0 Å². The summed E-state index contributed by atoms with van der Waals surface area (Å²) in [4.78, 5) is 0. The average Bonchev–Trinajstić information content (AvgIpc) is 2.89. The third-order valence-electron chi connectivity index (χ3n) is 7.35. The van der Waals surface area contributed by atoms with Crippen LogP contribution in [0, 0.1) is 0 Å². The van der Waals surface area contributed by atoms with E-state index in [1.54, 1.807) is 0 Å². The van der Waals surface area contributed by atoms with Crippen molar-refractivity contribution < 1.29 is 0 Å². The van der Waals surface area contributed by atoms with Gasteiger partial charge in [0, 0.05) is 16.8 Å². The van der Waals surface area contributed by atoms with Crippen molar-refractivity contribution >= 4 is 11.4 Å². The molecule has 0 amide bonds. The molecule has 0 heterocycles. The lowest BCUT2D eigenvalue weighted by Crippen LogP contribution is -2.27. The van der Waals surface area contributed by atoms with E-state index < -0.39 is 0 Å². The summed E-state index contributed by atoms with van der Waals surface area (Å²) in [5.74, 6) is 0. The second-order valence-corrected chi connectivity index (χ2v) is 9.77. The van der Waals surface area contributed by atoms with Crippen LogP contribution in [0.3, 0.4) is 0 Å². The summed E-state index contributed by atoms with van der Waals surface area (Å²) < 4.78 is 0. The largest absolute Gasteiger partial charge is 0.399 e. The number of benzene rings is 4. The molecule has 0 radical (unpaired) electrons. The Morgan fingerprint density at radius 3 is 1.17 bits per heavy atom. The van der Waals surface area contributed by atoms with E-state index >= 15 is 0 Å². The minimum atomic E-state index is 0.0372. The van der Waals surface area contributed by atoms with Gasteiger partial charge in [0.15, 0.2) is 0 Å². The molecule has 35 heavy (non-hydrogen) atoms. The second-order valence-electron chi connectivity index (χ2n) is 9.77. The molecule has 0 spiro atoms. The first-order chi connectivity index (χ1) is 17.0. The molecule has 180 valence electrons. The highest BCUT2D eigenvalue weighted by molar-refractivity contribution is 5.45. The lowest BCUT2D eigenvalue weighted by atomic mass is 9.69. The zero-order valence-corrected chi connectivity index (χ0v) is 21.1. The molecule has 2 nitrogen and oxygen atoms in total. The van der Waals surface area contributed by atoms with E-state index in [9.17, 15) is 0 Å². The molecular weight excluding hydrogens is 424 g/mol. The Balaban J connectivity index is 1.58. The van der Waals surface area contributed by atoms with Crippen molar-refractivity contribution in [3.63, 3.8) is 0 Å². The molecule has 4 rings (SSSR count). The molecular formula is C33H38N2. The summed E-state index contributed by atoms with van der Waals surface area (Å²) in [6, 6.07) is 35.0. The van der Waals surface area contributed by atoms with Crippen LogP contribution in [0.1, 0.15) is 72.9 Å². The summed E-state index contributed by atoms with van der Waals surface area (Å²) in [5, 5.41) is 0. The first-order valence-corrected chi connectivity index (χ1v) is 12.9. The van der Waals surface area contributed by atoms with Crippen LogP contribution >= 0.6 is 0 Å². The summed E-state index contributed by atoms with van der Waals surface area (Å²) in [7, 11) is 0. The van der Waals surface area contributed by atoms with Gasteiger partial charge in [0.25, 0.3) is 0 Å². The maximum Gasteiger partial charge on any atom is 0.0314 e. The SMILES string of the molecule is CCCCC(CC)(c1ccc(Cc2ccc(N)cc2)cc1)c1ccc(Cc2ccc(N)cc2)cc1. The van der Waals surface area contributed by atoms with Gasteiger partial charge in [-0.05, 0) is 83.3 Å². The van der Waals surface area contributed by atoms with Crippen LogP contribution in [0.4, 0.5) is 11.4 Å². The number of hydrogen-bond acceptors (Lipinski definition) is 2. The first-order valence-electron chi connectivity index (χ1n) is 12.9. The van der Waals surface area contributed by atoms with Crippen molar-refractivity contribution in [3.8, 4) is 0 Å². The van der Waals surface area contributed by atoms with Crippen molar-refractivity contribution in [2.24, 2.45) is 0 Å². The van der Waals surface area contributed by atoms with Crippen LogP contribution < -0.4 is 11.5 Å². The summed E-state index contributed by atoms with van der Waals surface area (Å²) in [5.41, 5.74) is 21.4. The smallest absolute Gasteiger partial charge is 0.0314 e. The van der Waals surface area contributed by atoms with Gasteiger partial charge in [-0.3, -0.25) is 0 Å². The molecule has 0 saturated heterocycles. The van der Waals surface area contributed by atoms with Crippen molar-refractivity contribution in [1.82, 2.24) is 0 Å². The van der Waals surface area contributed by atoms with Crippen LogP contribution in [0.25, 0.3) is 0 Å². The molecule has 4 N–H and O–H groups in total. The fourth-order valence-electron chi connectivity index (χ4n) is 5.14. The highest BCUT2D eigenvalue weighted by atomic mass is 14.5. The van der Waals surface area contributed by atoms with Gasteiger partial charge in [-0.1, -0.05) is 99.5 Å². The van der Waals surface area contributed by atoms with E-state index in [4.69, 9.17) is 11.5 Å². The normalized spacial score (nSPS) is 11.5. The number of unbranched alkanes of at least 4 members (excludes halogenated alkanes) is 1. The summed E-state index contributed by atoms with van der Waals surface area (Å²) in [6.07, 6.45) is 6.51. The maximum atomic E-state index is 5.85. The molecule has 0 saturated carbocycles. The van der Waals surface area contributed by atoms with Gasteiger partial charge in [-0.25, -0.2) is 0 Å². The molecule has 0 unspecified atom stereocenters. The fourth-order valence-corrected chi connectivity index (χ4v) is 5.14. The Kier molecular flexibility index (Phi) is 7.92. The molecule has 0 atom stereocenters. The number of nitrogen functional groups attached to an aromatic ring is 2. The Morgan fingerprint density at radius 1 is 0.514 bits per heavy atom. The predicted octanol–water partition coefficient (Wildman–Crippen LogP) is 7.92. The van der Waals surface area contributed by atoms with Gasteiger partial charge < -0.3 is 11.5 Å². The average molecular weight is 463 g/mol. The monoisotopic (exact) mass is 462 g/mol. The molecule has 2 heteroatoms. The predicted molar refractivity (Wildman–Crippen MR) is 151 cm³/mol. The number of hydrogen-bond donors (Lipinski definition) is 2. The Labute approximate surface area is 211 Å². The van der Waals surface area contributed by atoms with Gasteiger partial charge >= 0.3 is 0 Å². The molecule has 0 aliphatic carbocycles. The Morgan fingerprint density at radius 2 is 0.857 bits per heavy atom. The van der Waals surface area contributed by atoms with E-state index in [1.165, 1.54) is 46.2 Å². The third-order valence-corrected chi connectivity index (χ3v) is 7.35. The minimum absolute atomic E-state index is 0.0372. The summed E-state index contributed by atoms with van der Waals surface area (Å²) in [6.45, 7) is 4.62. The van der Waals surface area contributed by atoms with Gasteiger partial charge in [-0.2, -0.15) is 0 Å². The van der Waals surface area contributed by atoms with Gasteiger partial charge in [0.1, 0.15) is 0 Å². The number of rotatable bonds is 10. The zero-order valence-electron chi connectivity index (χ0n) is 21.1. The van der Waals surface area contributed by atoms with Gasteiger partial charge in [-0.15, -0.1) is 0 Å². The molecule has 4 aromatic rings. The first kappa shape index (κ1) is 24.6. The molecule has 0 aliphatic rings. The van der Waals surface area contributed by atoms with E-state index in [0.717, 1.165) is 37.1 Å². The molecule has 0 fully saturated rings. The minimum Gasteiger partial charge on any atom is -0.399 e. The second kappa shape index (κ2) is 11.3. The maximum absolute atomic E-state index is 5.85. The van der Waals surface area contributed by atoms with Gasteiger partial charge in [0.05, 0.1) is 0 Å². The van der Waals surface area contributed by atoms with Crippen LogP contribution in [-0.2, 0) is 18.3 Å². The Hall–Kier alpha value is -3.52. The topological polar surface area (TPSA) is 52.0 Å². The van der Waals surface area contributed by atoms with Crippen molar-refractivity contribution in [1.29, 1.82) is 0 Å². The number of nitrogens with two attached hydrogens (primary N) is 2. The quantitative estimate of drug-likeness (QED) is 0.235. The van der Waals surface area contributed by atoms with E-state index in [1.807, 2.05) is 24.3 Å². The van der Waals surface area contributed by atoms with Crippen molar-refractivity contribution in [2.45, 2.75) is 57.8 Å². The van der Waals surface area contributed by atoms with E-state index in [0.29, 0.717) is 0 Å². The lowest BCUT2D eigenvalue weighted by Gasteiger charge is -2.35. The number of anilines is 2. The lowest BCUT2D eigenvalue weighted by molar-refractivity contribution is 0.437. The third kappa shape index (κ3) is 5.95. The summed E-state index contributed by atoms with van der Waals surface area (Å²) >= 11 is 0.